The van der Waals surface area contributed by atoms with Gasteiger partial charge >= 0.3 is 0 Å². The molecule has 0 amide bonds. The molecule has 0 aliphatic heterocycles. The Labute approximate surface area is 176 Å². The molecule has 1 radical (unpaired) electrons. The molecule has 0 unspecified atom stereocenters. The fourth-order valence-corrected chi connectivity index (χ4v) is 4.02. The summed E-state index contributed by atoms with van der Waals surface area (Å²) in [5.41, 5.74) is 4.27. The number of hydrogen-bond acceptors (Lipinski definition) is 1. The summed E-state index contributed by atoms with van der Waals surface area (Å²) in [6.45, 7) is 4.15. The fourth-order valence-electron chi connectivity index (χ4n) is 4.02. The van der Waals surface area contributed by atoms with Crippen molar-refractivity contribution >= 4 is 32.3 Å². The van der Waals surface area contributed by atoms with E-state index in [0.29, 0.717) is 0 Å². The molecular weight excluding hydrogens is 525 g/mol. The van der Waals surface area contributed by atoms with Gasteiger partial charge in [-0.3, -0.25) is 0 Å². The Balaban J connectivity index is 0.00000192. The molecule has 3 heteroatoms. The van der Waals surface area contributed by atoms with Crippen molar-refractivity contribution in [2.45, 2.75) is 13.8 Å². The van der Waals surface area contributed by atoms with Crippen LogP contribution in [0.15, 0.2) is 66.9 Å². The minimum Gasteiger partial charge on any atom is -0.304 e. The smallest absolute Gasteiger partial charge is 0.123 e. The number of benzene rings is 4. The number of nitrogens with zero attached hydrogens (tertiary/aromatic N) is 1. The molecule has 0 spiro atoms. The van der Waals surface area contributed by atoms with E-state index in [2.05, 4.69) is 61.3 Å². The van der Waals surface area contributed by atoms with Crippen LogP contribution in [0.4, 0.5) is 4.39 Å². The molecule has 0 saturated carbocycles. The second kappa shape index (κ2) is 7.09. The monoisotopic (exact) mass is 543 g/mol. The van der Waals surface area contributed by atoms with Gasteiger partial charge in [0, 0.05) is 26.3 Å². The zero-order chi connectivity index (χ0) is 18.5. The van der Waals surface area contributed by atoms with Crippen LogP contribution in [-0.2, 0) is 20.1 Å². The first-order valence-corrected chi connectivity index (χ1v) is 9.01. The van der Waals surface area contributed by atoms with Crippen LogP contribution in [0.1, 0.15) is 11.1 Å². The molecule has 0 atom stereocenters. The fraction of sp³-hybridized carbons (Fsp3) is 0.0800. The van der Waals surface area contributed by atoms with E-state index >= 15 is 0 Å². The summed E-state index contributed by atoms with van der Waals surface area (Å²) in [7, 11) is 0. The van der Waals surface area contributed by atoms with Crippen LogP contribution >= 0.6 is 0 Å². The summed E-state index contributed by atoms with van der Waals surface area (Å²) in [6, 6.07) is 23.0. The van der Waals surface area contributed by atoms with Gasteiger partial charge in [0.05, 0.1) is 0 Å². The molecule has 1 nitrogen and oxygen atoms in total. The third kappa shape index (κ3) is 3.01. The zero-order valence-corrected chi connectivity index (χ0v) is 17.9. The minimum absolute atomic E-state index is 0. The third-order valence-electron chi connectivity index (χ3n) is 5.12. The van der Waals surface area contributed by atoms with Crippen molar-refractivity contribution in [3.05, 3.63) is 89.9 Å². The summed E-state index contributed by atoms with van der Waals surface area (Å²) >= 11 is 0. The van der Waals surface area contributed by atoms with E-state index in [4.69, 9.17) is 0 Å². The maximum Gasteiger partial charge on any atom is 0.123 e. The molecule has 1 aromatic heterocycles. The second-order valence-electron chi connectivity index (χ2n) is 7.10. The molecule has 1 heterocycles. The van der Waals surface area contributed by atoms with E-state index in [-0.39, 0.29) is 25.9 Å². The molecule has 28 heavy (non-hydrogen) atoms. The Morgan fingerprint density at radius 3 is 2.25 bits per heavy atom. The Hall–Kier alpha value is -2.61. The predicted octanol–water partition coefficient (Wildman–Crippen LogP) is 6.76. The van der Waals surface area contributed by atoms with E-state index < -0.39 is 0 Å². The van der Waals surface area contributed by atoms with Crippen LogP contribution in [-0.4, -0.2) is 4.98 Å². The topological polar surface area (TPSA) is 12.9 Å². The number of rotatable bonds is 1. The quantitative estimate of drug-likeness (QED) is 0.168. The maximum atomic E-state index is 13.6. The summed E-state index contributed by atoms with van der Waals surface area (Å²) in [5, 5.41) is 6.51. The van der Waals surface area contributed by atoms with Crippen LogP contribution in [0.5, 0.6) is 0 Å². The number of aromatic nitrogens is 1. The largest absolute Gasteiger partial charge is 0.304 e. The molecule has 0 saturated heterocycles. The molecule has 0 N–H and O–H groups in total. The maximum absolute atomic E-state index is 13.6. The Bertz CT molecular complexity index is 1340. The summed E-state index contributed by atoms with van der Waals surface area (Å²) in [6.07, 6.45) is 1.86. The van der Waals surface area contributed by atoms with Gasteiger partial charge in [-0.1, -0.05) is 44.2 Å². The van der Waals surface area contributed by atoms with E-state index in [0.717, 1.165) is 49.1 Å². The Morgan fingerprint density at radius 1 is 0.750 bits per heavy atom. The molecule has 0 aliphatic carbocycles. The van der Waals surface area contributed by atoms with Gasteiger partial charge in [-0.2, -0.15) is 0 Å². The van der Waals surface area contributed by atoms with Gasteiger partial charge in [0.1, 0.15) is 5.82 Å². The van der Waals surface area contributed by atoms with Crippen LogP contribution < -0.4 is 0 Å². The van der Waals surface area contributed by atoms with Crippen molar-refractivity contribution in [1.82, 2.24) is 4.98 Å². The first kappa shape index (κ1) is 18.7. The number of pyridine rings is 1. The minimum atomic E-state index is -0.209. The number of aryl methyl sites for hydroxylation is 2. The molecule has 0 bridgehead atoms. The number of hydrogen-bond donors (Lipinski definition) is 0. The first-order valence-electron chi connectivity index (χ1n) is 9.01. The van der Waals surface area contributed by atoms with Crippen LogP contribution in [0.3, 0.4) is 0 Å². The molecule has 4 aromatic carbocycles. The Morgan fingerprint density at radius 2 is 1.43 bits per heavy atom. The average molecular weight is 543 g/mol. The van der Waals surface area contributed by atoms with Crippen molar-refractivity contribution < 1.29 is 24.5 Å². The average Bonchev–Trinajstić information content (AvgIpc) is 2.65. The van der Waals surface area contributed by atoms with Crippen LogP contribution in [0, 0.1) is 25.7 Å². The van der Waals surface area contributed by atoms with Gasteiger partial charge in [-0.05, 0) is 56.2 Å². The van der Waals surface area contributed by atoms with Crippen LogP contribution in [0.2, 0.25) is 0 Å². The van der Waals surface area contributed by atoms with Crippen molar-refractivity contribution in [3.63, 3.8) is 0 Å². The molecular formula is C25H17FIrN-. The van der Waals surface area contributed by atoms with E-state index in [1.807, 2.05) is 18.3 Å². The van der Waals surface area contributed by atoms with Crippen molar-refractivity contribution in [2.75, 3.05) is 0 Å². The number of halogens is 1. The van der Waals surface area contributed by atoms with Crippen molar-refractivity contribution in [2.24, 2.45) is 0 Å². The molecule has 5 rings (SSSR count). The number of fused-ring (bicyclic) bond motifs is 5. The summed E-state index contributed by atoms with van der Waals surface area (Å²) in [5.74, 6) is -0.209. The van der Waals surface area contributed by atoms with Gasteiger partial charge in [-0.15, -0.1) is 34.9 Å². The zero-order valence-electron chi connectivity index (χ0n) is 15.5. The van der Waals surface area contributed by atoms with Gasteiger partial charge < -0.3 is 4.98 Å². The van der Waals surface area contributed by atoms with E-state index in [9.17, 15) is 4.39 Å². The molecule has 0 fully saturated rings. The molecule has 0 aliphatic rings. The predicted molar refractivity (Wildman–Crippen MR) is 110 cm³/mol. The van der Waals surface area contributed by atoms with E-state index in [1.165, 1.54) is 11.6 Å². The van der Waals surface area contributed by atoms with Crippen LogP contribution in [0.25, 0.3) is 43.6 Å². The summed E-state index contributed by atoms with van der Waals surface area (Å²) < 4.78 is 13.6. The summed E-state index contributed by atoms with van der Waals surface area (Å²) in [4.78, 5) is 4.66. The van der Waals surface area contributed by atoms with E-state index in [1.54, 1.807) is 6.07 Å². The molecule has 5 aromatic rings. The Kier molecular flexibility index (Phi) is 4.74. The second-order valence-corrected chi connectivity index (χ2v) is 7.10. The third-order valence-corrected chi connectivity index (χ3v) is 5.12. The van der Waals surface area contributed by atoms with Gasteiger partial charge in [-0.25, -0.2) is 4.39 Å². The first-order chi connectivity index (χ1) is 13.1. The SMILES string of the molecule is Cc1[c-]c(-c2nccc3c2ccc2c4ccc(F)cc4ccc32)cc(C)c1.[Ir]. The van der Waals surface area contributed by atoms with Crippen molar-refractivity contribution in [1.29, 1.82) is 0 Å². The molecule has 139 valence electrons. The van der Waals surface area contributed by atoms with Gasteiger partial charge in [0.2, 0.25) is 0 Å². The van der Waals surface area contributed by atoms with Gasteiger partial charge in [0.25, 0.3) is 0 Å². The normalized spacial score (nSPS) is 11.1. The standard InChI is InChI=1S/C25H17FN.Ir/c1-15-11-16(2)13-18(12-15)25-24-8-7-21-20-6-4-19(26)14-17(20)3-5-22(21)23(24)9-10-27-25;/h3-12,14H,1-2H3;/q-1;. The van der Waals surface area contributed by atoms with Crippen molar-refractivity contribution in [3.8, 4) is 11.3 Å². The van der Waals surface area contributed by atoms with Gasteiger partial charge in [0.15, 0.2) is 0 Å².